The van der Waals surface area contributed by atoms with Gasteiger partial charge in [-0.05, 0) is 43.4 Å². The molecule has 142 valence electrons. The smallest absolute Gasteiger partial charge is 0.233 e. The molecule has 1 amide bonds. The van der Waals surface area contributed by atoms with Gasteiger partial charge in [0.15, 0.2) is 11.5 Å². The van der Waals surface area contributed by atoms with Crippen LogP contribution in [0, 0.1) is 0 Å². The largest absolute Gasteiger partial charge is 0.490 e. The topological polar surface area (TPSA) is 38.8 Å². The van der Waals surface area contributed by atoms with E-state index in [2.05, 4.69) is 17.0 Å². The quantitative estimate of drug-likeness (QED) is 0.772. The van der Waals surface area contributed by atoms with E-state index < -0.39 is 0 Å². The highest BCUT2D eigenvalue weighted by atomic mass is 32.2. The number of likely N-dealkylation sites (tertiary alicyclic amines) is 1. The van der Waals surface area contributed by atoms with Gasteiger partial charge in [0.25, 0.3) is 0 Å². The predicted octanol–water partition coefficient (Wildman–Crippen LogP) is 4.58. The van der Waals surface area contributed by atoms with Gasteiger partial charge >= 0.3 is 0 Å². The monoisotopic (exact) mass is 375 g/mol. The van der Waals surface area contributed by atoms with Crippen LogP contribution in [0.1, 0.15) is 63.0 Å². The highest BCUT2D eigenvalue weighted by molar-refractivity contribution is 8.00. The van der Waals surface area contributed by atoms with Crippen molar-refractivity contribution in [3.8, 4) is 11.5 Å². The van der Waals surface area contributed by atoms with E-state index in [9.17, 15) is 4.79 Å². The van der Waals surface area contributed by atoms with Crippen LogP contribution in [0.3, 0.4) is 0 Å². The Morgan fingerprint density at radius 3 is 2.65 bits per heavy atom. The molecule has 1 aromatic carbocycles. The van der Waals surface area contributed by atoms with Gasteiger partial charge in [-0.2, -0.15) is 0 Å². The Morgan fingerprint density at radius 1 is 1.00 bits per heavy atom. The van der Waals surface area contributed by atoms with Gasteiger partial charge in [0.1, 0.15) is 0 Å². The normalized spacial score (nSPS) is 23.7. The lowest BCUT2D eigenvalue weighted by atomic mass is 10.0. The van der Waals surface area contributed by atoms with Crippen molar-refractivity contribution in [1.29, 1.82) is 0 Å². The molecule has 0 aromatic heterocycles. The lowest BCUT2D eigenvalue weighted by Crippen LogP contribution is -2.32. The zero-order chi connectivity index (χ0) is 17.8. The summed E-state index contributed by atoms with van der Waals surface area (Å²) >= 11 is 1.88. The van der Waals surface area contributed by atoms with E-state index in [0.29, 0.717) is 30.1 Å². The molecule has 0 spiro atoms. The van der Waals surface area contributed by atoms with Crippen LogP contribution in [0.2, 0.25) is 0 Å². The van der Waals surface area contributed by atoms with Crippen LogP contribution in [0.5, 0.6) is 11.5 Å². The van der Waals surface area contributed by atoms with E-state index in [-0.39, 0.29) is 6.04 Å². The molecule has 1 saturated heterocycles. The predicted molar refractivity (Wildman–Crippen MR) is 105 cm³/mol. The number of fused-ring (bicyclic) bond motifs is 1. The van der Waals surface area contributed by atoms with E-state index in [4.69, 9.17) is 9.47 Å². The number of benzene rings is 1. The summed E-state index contributed by atoms with van der Waals surface area (Å²) in [6, 6.07) is 6.39. The molecule has 5 heteroatoms. The molecule has 1 aliphatic carbocycles. The van der Waals surface area contributed by atoms with Crippen molar-refractivity contribution in [2.45, 2.75) is 62.7 Å². The van der Waals surface area contributed by atoms with Gasteiger partial charge < -0.3 is 14.4 Å². The van der Waals surface area contributed by atoms with Gasteiger partial charge in [-0.1, -0.05) is 25.3 Å². The van der Waals surface area contributed by atoms with Crippen molar-refractivity contribution >= 4 is 17.7 Å². The molecule has 2 aliphatic heterocycles. The van der Waals surface area contributed by atoms with Crippen molar-refractivity contribution < 1.29 is 14.3 Å². The van der Waals surface area contributed by atoms with E-state index in [0.717, 1.165) is 37.3 Å². The first-order valence-corrected chi connectivity index (χ1v) is 11.2. The van der Waals surface area contributed by atoms with Crippen LogP contribution < -0.4 is 9.47 Å². The summed E-state index contributed by atoms with van der Waals surface area (Å²) < 4.78 is 11.6. The van der Waals surface area contributed by atoms with Gasteiger partial charge in [0, 0.05) is 18.2 Å². The van der Waals surface area contributed by atoms with Crippen LogP contribution in [0.4, 0.5) is 0 Å². The second kappa shape index (κ2) is 8.55. The average molecular weight is 376 g/mol. The Hall–Kier alpha value is -1.36. The SMILES string of the molecule is O=C(CSC1CCCCC1)N1CCCC1c1ccc2c(c1)OCCCO2. The molecule has 0 N–H and O–H groups in total. The maximum absolute atomic E-state index is 12.9. The van der Waals surface area contributed by atoms with Gasteiger partial charge in [0.05, 0.1) is 25.0 Å². The van der Waals surface area contributed by atoms with Crippen LogP contribution in [-0.2, 0) is 4.79 Å². The summed E-state index contributed by atoms with van der Waals surface area (Å²) in [4.78, 5) is 15.0. The maximum Gasteiger partial charge on any atom is 0.233 e. The molecular formula is C21H29NO3S. The molecule has 1 saturated carbocycles. The van der Waals surface area contributed by atoms with Crippen LogP contribution in [0.15, 0.2) is 18.2 Å². The van der Waals surface area contributed by atoms with Gasteiger partial charge in [-0.25, -0.2) is 0 Å². The van der Waals surface area contributed by atoms with Crippen LogP contribution in [-0.4, -0.2) is 41.6 Å². The molecule has 0 radical (unpaired) electrons. The van der Waals surface area contributed by atoms with Gasteiger partial charge in [-0.15, -0.1) is 11.8 Å². The Morgan fingerprint density at radius 2 is 1.81 bits per heavy atom. The highest BCUT2D eigenvalue weighted by Gasteiger charge is 2.31. The van der Waals surface area contributed by atoms with E-state index in [1.54, 1.807) is 0 Å². The molecule has 4 nitrogen and oxygen atoms in total. The molecular weight excluding hydrogens is 346 g/mol. The highest BCUT2D eigenvalue weighted by Crippen LogP contribution is 2.38. The summed E-state index contributed by atoms with van der Waals surface area (Å²) in [6.07, 6.45) is 9.62. The molecule has 3 aliphatic rings. The molecule has 2 heterocycles. The summed E-state index contributed by atoms with van der Waals surface area (Å²) in [6.45, 7) is 2.28. The summed E-state index contributed by atoms with van der Waals surface area (Å²) in [5.74, 6) is 2.59. The number of thioether (sulfide) groups is 1. The molecule has 2 fully saturated rings. The third kappa shape index (κ3) is 4.13. The molecule has 1 unspecified atom stereocenters. The fraction of sp³-hybridized carbons (Fsp3) is 0.667. The van der Waals surface area contributed by atoms with Crippen molar-refractivity contribution in [2.75, 3.05) is 25.5 Å². The second-order valence-electron chi connectivity index (χ2n) is 7.57. The van der Waals surface area contributed by atoms with Crippen molar-refractivity contribution in [2.24, 2.45) is 0 Å². The maximum atomic E-state index is 12.9. The van der Waals surface area contributed by atoms with Gasteiger partial charge in [0.2, 0.25) is 5.91 Å². The lowest BCUT2D eigenvalue weighted by Gasteiger charge is -2.27. The molecule has 1 aromatic rings. The number of hydrogen-bond acceptors (Lipinski definition) is 4. The fourth-order valence-electron chi connectivity index (χ4n) is 4.30. The number of hydrogen-bond donors (Lipinski definition) is 0. The molecule has 1 atom stereocenters. The van der Waals surface area contributed by atoms with Crippen molar-refractivity contribution in [1.82, 2.24) is 4.90 Å². The standard InChI is InChI=1S/C21H29NO3S/c23-21(15-26-17-6-2-1-3-7-17)22-11-4-8-18(22)16-9-10-19-20(14-16)25-13-5-12-24-19/h9-10,14,17-18H,1-8,11-13,15H2. The second-order valence-corrected chi connectivity index (χ2v) is 8.86. The minimum Gasteiger partial charge on any atom is -0.490 e. The van der Waals surface area contributed by atoms with E-state index >= 15 is 0 Å². The molecule has 4 rings (SSSR count). The Kier molecular flexibility index (Phi) is 5.93. The number of rotatable bonds is 4. The number of nitrogens with zero attached hydrogens (tertiary/aromatic N) is 1. The summed E-state index contributed by atoms with van der Waals surface area (Å²) in [7, 11) is 0. The zero-order valence-corrected chi connectivity index (χ0v) is 16.3. The minimum absolute atomic E-state index is 0.187. The third-order valence-electron chi connectivity index (χ3n) is 5.72. The summed E-state index contributed by atoms with van der Waals surface area (Å²) in [5.41, 5.74) is 1.18. The van der Waals surface area contributed by atoms with E-state index in [1.807, 2.05) is 17.8 Å². The summed E-state index contributed by atoms with van der Waals surface area (Å²) in [5, 5.41) is 0.687. The number of amides is 1. The van der Waals surface area contributed by atoms with Crippen molar-refractivity contribution in [3.05, 3.63) is 23.8 Å². The first-order chi connectivity index (χ1) is 12.8. The van der Waals surface area contributed by atoms with E-state index in [1.165, 1.54) is 37.7 Å². The van der Waals surface area contributed by atoms with Crippen LogP contribution >= 0.6 is 11.8 Å². The zero-order valence-electron chi connectivity index (χ0n) is 15.5. The third-order valence-corrected chi connectivity index (χ3v) is 7.08. The average Bonchev–Trinajstić information content (AvgIpc) is 3.06. The molecule has 26 heavy (non-hydrogen) atoms. The van der Waals surface area contributed by atoms with Gasteiger partial charge in [-0.3, -0.25) is 4.79 Å². The first-order valence-electron chi connectivity index (χ1n) is 10.1. The van der Waals surface area contributed by atoms with Crippen molar-refractivity contribution in [3.63, 3.8) is 0 Å². The lowest BCUT2D eigenvalue weighted by molar-refractivity contribution is -0.129. The Balaban J connectivity index is 1.41. The number of carbonyl (C=O) groups excluding carboxylic acids is 1. The first kappa shape index (κ1) is 18.0. The fourth-order valence-corrected chi connectivity index (χ4v) is 5.51. The van der Waals surface area contributed by atoms with Crippen LogP contribution in [0.25, 0.3) is 0 Å². The minimum atomic E-state index is 0.187. The number of carbonyl (C=O) groups is 1. The Labute approximate surface area is 160 Å². The Bertz CT molecular complexity index is 630. The molecule has 0 bridgehead atoms. The number of ether oxygens (including phenoxy) is 2.